The summed E-state index contributed by atoms with van der Waals surface area (Å²) >= 11 is 0. The van der Waals surface area contributed by atoms with Crippen molar-refractivity contribution in [2.75, 3.05) is 6.61 Å². The fourth-order valence-corrected chi connectivity index (χ4v) is 2.82. The molecule has 130 valence electrons. The molecule has 0 radical (unpaired) electrons. The third-order valence-corrected chi connectivity index (χ3v) is 4.48. The Labute approximate surface area is 145 Å². The number of para-hydroxylation sites is 1. The second kappa shape index (κ2) is 7.05. The lowest BCUT2D eigenvalue weighted by Gasteiger charge is -2.24. The molecule has 0 atom stereocenters. The molecule has 0 saturated heterocycles. The number of fused-ring (bicyclic) bond motifs is 1. The van der Waals surface area contributed by atoms with Gasteiger partial charge in [-0.3, -0.25) is 9.59 Å². The lowest BCUT2D eigenvalue weighted by molar-refractivity contribution is -0.142. The van der Waals surface area contributed by atoms with Crippen LogP contribution in [0.25, 0.3) is 17.0 Å². The van der Waals surface area contributed by atoms with Crippen LogP contribution in [0.2, 0.25) is 0 Å². The maximum atomic E-state index is 12.3. The first-order chi connectivity index (χ1) is 12.0. The smallest absolute Gasteiger partial charge is 0.341 e. The van der Waals surface area contributed by atoms with E-state index in [1.165, 1.54) is 19.1 Å². The van der Waals surface area contributed by atoms with Crippen molar-refractivity contribution in [2.45, 2.75) is 33.1 Å². The molecule has 2 aromatic rings. The second-order valence-corrected chi connectivity index (χ2v) is 6.45. The van der Waals surface area contributed by atoms with E-state index in [4.69, 9.17) is 9.15 Å². The van der Waals surface area contributed by atoms with Crippen molar-refractivity contribution < 1.29 is 18.7 Å². The van der Waals surface area contributed by atoms with E-state index in [-0.39, 0.29) is 16.8 Å². The minimum Gasteiger partial charge on any atom is -0.462 e. The van der Waals surface area contributed by atoms with Crippen molar-refractivity contribution in [1.82, 2.24) is 0 Å². The molecular weight excluding hydrogens is 320 g/mol. The van der Waals surface area contributed by atoms with Gasteiger partial charge in [0.25, 0.3) is 0 Å². The van der Waals surface area contributed by atoms with Gasteiger partial charge in [-0.05, 0) is 44.7 Å². The molecule has 1 heterocycles. The molecular formula is C20H20O5. The van der Waals surface area contributed by atoms with Crippen LogP contribution in [0.1, 0.15) is 37.5 Å². The number of carbonyl (C=O) groups is 2. The van der Waals surface area contributed by atoms with E-state index in [1.807, 2.05) is 0 Å². The van der Waals surface area contributed by atoms with Gasteiger partial charge < -0.3 is 9.15 Å². The predicted octanol–water partition coefficient (Wildman–Crippen LogP) is 3.42. The van der Waals surface area contributed by atoms with Crippen molar-refractivity contribution in [1.29, 1.82) is 0 Å². The van der Waals surface area contributed by atoms with E-state index in [0.29, 0.717) is 34.8 Å². The quantitative estimate of drug-likeness (QED) is 0.361. The van der Waals surface area contributed by atoms with Crippen LogP contribution in [0, 0.1) is 12.8 Å². The van der Waals surface area contributed by atoms with Crippen molar-refractivity contribution >= 4 is 28.8 Å². The summed E-state index contributed by atoms with van der Waals surface area (Å²) in [6.07, 6.45) is 4.71. The molecule has 0 aliphatic heterocycles. The molecule has 0 amide bonds. The maximum Gasteiger partial charge on any atom is 0.341 e. The molecule has 1 fully saturated rings. The van der Waals surface area contributed by atoms with E-state index in [9.17, 15) is 14.4 Å². The Kier molecular flexibility index (Phi) is 4.83. The lowest BCUT2D eigenvalue weighted by Crippen LogP contribution is -2.22. The van der Waals surface area contributed by atoms with Crippen molar-refractivity contribution in [3.05, 3.63) is 51.4 Å². The molecule has 5 heteroatoms. The van der Waals surface area contributed by atoms with E-state index in [0.717, 1.165) is 19.3 Å². The van der Waals surface area contributed by atoms with Crippen LogP contribution in [0.15, 0.2) is 39.1 Å². The van der Waals surface area contributed by atoms with E-state index >= 15 is 0 Å². The SMILES string of the molecule is CC(=O)/C(=C/c1cccc2c(=O)cc(C)oc12)C(=O)OCC1CCC1. The van der Waals surface area contributed by atoms with Crippen molar-refractivity contribution in [3.63, 3.8) is 0 Å². The summed E-state index contributed by atoms with van der Waals surface area (Å²) in [5.41, 5.74) is 0.657. The Morgan fingerprint density at radius 2 is 2.08 bits per heavy atom. The summed E-state index contributed by atoms with van der Waals surface area (Å²) in [4.78, 5) is 36.3. The number of hydrogen-bond donors (Lipinski definition) is 0. The summed E-state index contributed by atoms with van der Waals surface area (Å²) < 4.78 is 10.9. The summed E-state index contributed by atoms with van der Waals surface area (Å²) in [5.74, 6) is -0.150. The molecule has 1 saturated carbocycles. The minimum atomic E-state index is -0.633. The summed E-state index contributed by atoms with van der Waals surface area (Å²) in [7, 11) is 0. The highest BCUT2D eigenvalue weighted by Crippen LogP contribution is 2.27. The van der Waals surface area contributed by atoms with Crippen LogP contribution in [0.3, 0.4) is 0 Å². The van der Waals surface area contributed by atoms with Gasteiger partial charge in [0.05, 0.1) is 12.0 Å². The largest absolute Gasteiger partial charge is 0.462 e. The zero-order valence-corrected chi connectivity index (χ0v) is 14.3. The van der Waals surface area contributed by atoms with Crippen LogP contribution < -0.4 is 5.43 Å². The standard InChI is InChI=1S/C20H20O5/c1-12-9-18(22)16-8-4-7-15(19(16)25-12)10-17(13(2)21)20(23)24-11-14-5-3-6-14/h4,7-10,14H,3,5-6,11H2,1-2H3/b17-10-. The molecule has 1 aliphatic carbocycles. The zero-order chi connectivity index (χ0) is 18.0. The van der Waals surface area contributed by atoms with Crippen LogP contribution in [0.5, 0.6) is 0 Å². The zero-order valence-electron chi connectivity index (χ0n) is 14.3. The Hall–Kier alpha value is -2.69. The molecule has 1 aliphatic rings. The fraction of sp³-hybridized carbons (Fsp3) is 0.350. The highest BCUT2D eigenvalue weighted by atomic mass is 16.5. The van der Waals surface area contributed by atoms with Crippen molar-refractivity contribution in [3.8, 4) is 0 Å². The van der Waals surface area contributed by atoms with E-state index < -0.39 is 5.97 Å². The molecule has 5 nitrogen and oxygen atoms in total. The fourth-order valence-electron chi connectivity index (χ4n) is 2.82. The lowest BCUT2D eigenvalue weighted by atomic mass is 9.86. The minimum absolute atomic E-state index is 0.0454. The highest BCUT2D eigenvalue weighted by Gasteiger charge is 2.22. The van der Waals surface area contributed by atoms with E-state index in [1.54, 1.807) is 25.1 Å². The first-order valence-corrected chi connectivity index (χ1v) is 8.39. The van der Waals surface area contributed by atoms with E-state index in [2.05, 4.69) is 0 Å². The predicted molar refractivity (Wildman–Crippen MR) is 94.2 cm³/mol. The van der Waals surface area contributed by atoms with Crippen LogP contribution in [-0.4, -0.2) is 18.4 Å². The number of rotatable bonds is 5. The number of aryl methyl sites for hydroxylation is 1. The normalized spacial score (nSPS) is 15.0. The Bertz CT molecular complexity index is 915. The van der Waals surface area contributed by atoms with Gasteiger partial charge in [-0.25, -0.2) is 4.79 Å². The van der Waals surface area contributed by atoms with Gasteiger partial charge in [0, 0.05) is 11.6 Å². The van der Waals surface area contributed by atoms with Gasteiger partial charge in [-0.15, -0.1) is 0 Å². The maximum absolute atomic E-state index is 12.3. The van der Waals surface area contributed by atoms with Gasteiger partial charge in [-0.2, -0.15) is 0 Å². The summed E-state index contributed by atoms with van der Waals surface area (Å²) in [5, 5.41) is 0.407. The molecule has 0 bridgehead atoms. The highest BCUT2D eigenvalue weighted by molar-refractivity contribution is 6.20. The third kappa shape index (κ3) is 3.71. The first kappa shape index (κ1) is 17.1. The molecule has 0 spiro atoms. The van der Waals surface area contributed by atoms with Gasteiger partial charge in [-0.1, -0.05) is 18.6 Å². The Balaban J connectivity index is 1.97. The molecule has 3 rings (SSSR count). The van der Waals surface area contributed by atoms with Crippen molar-refractivity contribution in [2.24, 2.45) is 5.92 Å². The van der Waals surface area contributed by atoms with Gasteiger partial charge in [0.15, 0.2) is 11.2 Å². The second-order valence-electron chi connectivity index (χ2n) is 6.45. The number of benzene rings is 1. The van der Waals surface area contributed by atoms with Crippen LogP contribution in [-0.2, 0) is 14.3 Å². The molecule has 0 N–H and O–H groups in total. The third-order valence-electron chi connectivity index (χ3n) is 4.48. The summed E-state index contributed by atoms with van der Waals surface area (Å²) in [6.45, 7) is 3.34. The monoisotopic (exact) mass is 340 g/mol. The van der Waals surface area contributed by atoms with Gasteiger partial charge in [0.2, 0.25) is 0 Å². The molecule has 1 aromatic carbocycles. The average Bonchev–Trinajstić information content (AvgIpc) is 2.50. The number of ketones is 1. The number of carbonyl (C=O) groups excluding carboxylic acids is 2. The van der Waals surface area contributed by atoms with Crippen LogP contribution in [0.4, 0.5) is 0 Å². The number of ether oxygens (including phenoxy) is 1. The molecule has 25 heavy (non-hydrogen) atoms. The Morgan fingerprint density at radius 1 is 1.32 bits per heavy atom. The number of Topliss-reactive ketones (excluding diaryl/α,β-unsaturated/α-hetero) is 1. The van der Waals surface area contributed by atoms with Gasteiger partial charge >= 0.3 is 5.97 Å². The topological polar surface area (TPSA) is 73.6 Å². The van der Waals surface area contributed by atoms with Gasteiger partial charge in [0.1, 0.15) is 16.9 Å². The van der Waals surface area contributed by atoms with Crippen LogP contribution >= 0.6 is 0 Å². The number of hydrogen-bond acceptors (Lipinski definition) is 5. The Morgan fingerprint density at radius 3 is 2.72 bits per heavy atom. The number of esters is 1. The first-order valence-electron chi connectivity index (χ1n) is 8.39. The summed E-state index contributed by atoms with van der Waals surface area (Å²) in [6, 6.07) is 6.46. The molecule has 0 unspecified atom stereocenters. The molecule has 1 aromatic heterocycles. The average molecular weight is 340 g/mol.